The zero-order chi connectivity index (χ0) is 25.1. The molecule has 1 amide bonds. The molecule has 1 aliphatic heterocycles. The molecule has 1 N–H and O–H groups in total. The van der Waals surface area contributed by atoms with Crippen molar-refractivity contribution in [3.8, 4) is 5.69 Å². The Balaban J connectivity index is 1.44. The van der Waals surface area contributed by atoms with Crippen LogP contribution in [0.25, 0.3) is 11.8 Å². The minimum atomic E-state index is -0.770. The minimum Gasteiger partial charge on any atom is -0.286 e. The lowest BCUT2D eigenvalue weighted by Crippen LogP contribution is -2.41. The number of carbonyl (C=O) groups is 2. The molecule has 9 heteroatoms. The number of para-hydroxylation sites is 2. The van der Waals surface area contributed by atoms with Crippen molar-refractivity contribution in [1.82, 2.24) is 5.27 Å². The standard InChI is InChI=1S/C27H20N4O4S/c1-18-12-14-19(15-13-18)16-22-25(33)30(20-8-4-2-5-9-20)27(28-22)36-17-23(32)24-26(34)35-29-31(24)21-10-6-3-7-11-21/h2-16H,17H2,1H3/p+1/b22-16+. The van der Waals surface area contributed by atoms with Gasteiger partial charge in [-0.1, -0.05) is 78.0 Å². The van der Waals surface area contributed by atoms with Crippen LogP contribution in [0.15, 0.2) is 105 Å². The van der Waals surface area contributed by atoms with Crippen LogP contribution in [0.4, 0.5) is 5.69 Å². The van der Waals surface area contributed by atoms with Gasteiger partial charge in [0.05, 0.1) is 11.4 Å². The monoisotopic (exact) mass is 497 g/mol. The lowest BCUT2D eigenvalue weighted by Gasteiger charge is -2.17. The van der Waals surface area contributed by atoms with Crippen LogP contribution < -0.4 is 15.2 Å². The third-order valence-corrected chi connectivity index (χ3v) is 6.42. The van der Waals surface area contributed by atoms with E-state index in [2.05, 4.69) is 10.3 Å². The number of aromatic amines is 1. The predicted octanol–water partition coefficient (Wildman–Crippen LogP) is 3.91. The number of rotatable bonds is 6. The molecule has 0 unspecified atom stereocenters. The normalized spacial score (nSPS) is 14.4. The number of ketones is 1. The van der Waals surface area contributed by atoms with Gasteiger partial charge in [0.25, 0.3) is 5.91 Å². The Hall–Kier alpha value is -4.50. The number of nitrogens with zero attached hydrogens (tertiary/aromatic N) is 3. The van der Waals surface area contributed by atoms with E-state index in [4.69, 9.17) is 4.52 Å². The van der Waals surface area contributed by atoms with Crippen molar-refractivity contribution in [3.63, 3.8) is 0 Å². The molecule has 0 aliphatic carbocycles. The van der Waals surface area contributed by atoms with Gasteiger partial charge in [-0.15, -0.1) is 0 Å². The summed E-state index contributed by atoms with van der Waals surface area (Å²) in [5.41, 5.74) is 2.53. The van der Waals surface area contributed by atoms with Crippen LogP contribution in [0.5, 0.6) is 0 Å². The van der Waals surface area contributed by atoms with Crippen LogP contribution in [-0.4, -0.2) is 27.9 Å². The van der Waals surface area contributed by atoms with Crippen molar-refractivity contribution >= 4 is 40.4 Å². The maximum Gasteiger partial charge on any atom is 0.438 e. The Morgan fingerprint density at radius 2 is 1.67 bits per heavy atom. The van der Waals surface area contributed by atoms with Crippen LogP contribution in [0, 0.1) is 6.92 Å². The summed E-state index contributed by atoms with van der Waals surface area (Å²) in [5.74, 6) is -0.877. The Bertz CT molecular complexity index is 1540. The maximum absolute atomic E-state index is 13.3. The Morgan fingerprint density at radius 1 is 1.00 bits per heavy atom. The van der Waals surface area contributed by atoms with Gasteiger partial charge in [-0.3, -0.25) is 19.0 Å². The van der Waals surface area contributed by atoms with E-state index in [1.807, 2.05) is 55.5 Å². The number of aliphatic imine (C=N–C) groups is 1. The Labute approximate surface area is 210 Å². The molecular formula is C27H21N4O4S+. The topological polar surface area (TPSA) is 99.6 Å². The van der Waals surface area contributed by atoms with Crippen LogP contribution in [0.2, 0.25) is 0 Å². The molecule has 0 fully saturated rings. The highest BCUT2D eigenvalue weighted by Crippen LogP contribution is 2.29. The Kier molecular flexibility index (Phi) is 6.46. The number of hydrogen-bond donors (Lipinski definition) is 1. The fourth-order valence-electron chi connectivity index (χ4n) is 3.69. The number of hydrogen-bond acceptors (Lipinski definition) is 6. The SMILES string of the molecule is Cc1ccc(/C=C2/N=C(SCC(=O)c3c(=O)o[nH][n+]3-c3ccccc3)N(c3ccccc3)C2=O)cc1. The zero-order valence-electron chi connectivity index (χ0n) is 19.3. The number of aromatic nitrogens is 2. The first-order chi connectivity index (χ1) is 17.5. The van der Waals surface area contributed by atoms with Gasteiger partial charge in [-0.05, 0) is 40.6 Å². The second kappa shape index (κ2) is 10.0. The number of amidine groups is 1. The molecule has 4 aromatic rings. The minimum absolute atomic E-state index is 0.122. The summed E-state index contributed by atoms with van der Waals surface area (Å²) in [5, 5.41) is 2.83. The number of H-pyrrole nitrogens is 1. The van der Waals surface area contributed by atoms with Crippen molar-refractivity contribution in [1.29, 1.82) is 0 Å². The van der Waals surface area contributed by atoms with Gasteiger partial charge >= 0.3 is 11.3 Å². The summed E-state index contributed by atoms with van der Waals surface area (Å²) in [7, 11) is 0. The number of thioether (sulfide) groups is 1. The first kappa shape index (κ1) is 23.3. The quantitative estimate of drug-likeness (QED) is 0.247. The smallest absolute Gasteiger partial charge is 0.286 e. The average molecular weight is 498 g/mol. The van der Waals surface area contributed by atoms with E-state index in [0.29, 0.717) is 16.5 Å². The second-order valence-electron chi connectivity index (χ2n) is 8.02. The number of carbonyl (C=O) groups excluding carboxylic acids is 2. The van der Waals surface area contributed by atoms with Gasteiger partial charge in [0, 0.05) is 12.1 Å². The van der Waals surface area contributed by atoms with Gasteiger partial charge in [0.1, 0.15) is 5.70 Å². The predicted molar refractivity (Wildman–Crippen MR) is 138 cm³/mol. The van der Waals surface area contributed by atoms with Gasteiger partial charge < -0.3 is 0 Å². The van der Waals surface area contributed by atoms with Crippen molar-refractivity contribution in [2.45, 2.75) is 6.92 Å². The van der Waals surface area contributed by atoms with E-state index >= 15 is 0 Å². The lowest BCUT2D eigenvalue weighted by atomic mass is 10.1. The zero-order valence-corrected chi connectivity index (χ0v) is 20.1. The van der Waals surface area contributed by atoms with Crippen molar-refractivity contribution in [3.05, 3.63) is 118 Å². The highest BCUT2D eigenvalue weighted by Gasteiger charge is 2.35. The molecule has 5 rings (SSSR count). The van der Waals surface area contributed by atoms with Crippen LogP contribution in [0.1, 0.15) is 21.6 Å². The number of benzene rings is 3. The molecule has 3 aromatic carbocycles. The van der Waals surface area contributed by atoms with E-state index in [1.165, 1.54) is 9.58 Å². The molecule has 0 radical (unpaired) electrons. The molecule has 0 saturated heterocycles. The summed E-state index contributed by atoms with van der Waals surface area (Å²) in [6.07, 6.45) is 1.72. The summed E-state index contributed by atoms with van der Waals surface area (Å²) < 4.78 is 6.20. The number of nitrogens with one attached hydrogen (secondary N) is 1. The van der Waals surface area contributed by atoms with Gasteiger partial charge in [0.2, 0.25) is 11.5 Å². The van der Waals surface area contributed by atoms with Crippen molar-refractivity contribution in [2.24, 2.45) is 4.99 Å². The highest BCUT2D eigenvalue weighted by atomic mass is 32.2. The number of anilines is 1. The number of aryl methyl sites for hydroxylation is 1. The first-order valence-electron chi connectivity index (χ1n) is 11.1. The fourth-order valence-corrected chi connectivity index (χ4v) is 4.56. The van der Waals surface area contributed by atoms with Crippen LogP contribution >= 0.6 is 11.8 Å². The van der Waals surface area contributed by atoms with Gasteiger partial charge in [0.15, 0.2) is 5.17 Å². The summed E-state index contributed by atoms with van der Waals surface area (Å²) in [4.78, 5) is 44.8. The van der Waals surface area contributed by atoms with Gasteiger partial charge in [-0.25, -0.2) is 9.79 Å². The van der Waals surface area contributed by atoms with E-state index in [-0.39, 0.29) is 23.1 Å². The highest BCUT2D eigenvalue weighted by molar-refractivity contribution is 8.14. The van der Waals surface area contributed by atoms with Crippen LogP contribution in [0.3, 0.4) is 0 Å². The number of amides is 1. The molecule has 178 valence electrons. The summed E-state index contributed by atoms with van der Waals surface area (Å²) in [6.45, 7) is 1.99. The second-order valence-corrected chi connectivity index (χ2v) is 8.97. The molecule has 0 spiro atoms. The molecule has 8 nitrogen and oxygen atoms in total. The number of Topliss-reactive ketones (excluding diaryl/α,β-unsaturated/α-hetero) is 1. The molecule has 36 heavy (non-hydrogen) atoms. The van der Waals surface area contributed by atoms with Gasteiger partial charge in [-0.2, -0.15) is 0 Å². The molecular weight excluding hydrogens is 476 g/mol. The van der Waals surface area contributed by atoms with E-state index < -0.39 is 11.4 Å². The van der Waals surface area contributed by atoms with Crippen molar-refractivity contribution < 1.29 is 18.8 Å². The largest absolute Gasteiger partial charge is 0.438 e. The first-order valence-corrected chi connectivity index (χ1v) is 12.1. The molecule has 0 atom stereocenters. The molecule has 2 heterocycles. The third-order valence-electron chi connectivity index (χ3n) is 5.48. The molecule has 0 bridgehead atoms. The van der Waals surface area contributed by atoms with E-state index in [0.717, 1.165) is 22.9 Å². The van der Waals surface area contributed by atoms with Crippen LogP contribution in [-0.2, 0) is 4.79 Å². The lowest BCUT2D eigenvalue weighted by molar-refractivity contribution is -0.672. The average Bonchev–Trinajstić information content (AvgIpc) is 3.44. The van der Waals surface area contributed by atoms with E-state index in [9.17, 15) is 14.4 Å². The van der Waals surface area contributed by atoms with Crippen molar-refractivity contribution in [2.75, 3.05) is 10.7 Å². The summed E-state index contributed by atoms with van der Waals surface area (Å²) >= 11 is 1.08. The third kappa shape index (κ3) is 4.69. The molecule has 1 aromatic heterocycles. The molecule has 1 aliphatic rings. The summed E-state index contributed by atoms with van der Waals surface area (Å²) in [6, 6.07) is 25.8. The fraction of sp³-hybridized carbons (Fsp3) is 0.0741. The molecule has 0 saturated carbocycles. The maximum atomic E-state index is 13.3. The van der Waals surface area contributed by atoms with E-state index in [1.54, 1.807) is 42.5 Å². The Morgan fingerprint density at radius 3 is 2.36 bits per heavy atom.